The third-order valence-electron chi connectivity index (χ3n) is 3.84. The molecule has 0 spiro atoms. The summed E-state index contributed by atoms with van der Waals surface area (Å²) in [6, 6.07) is 7.24. The van der Waals surface area contributed by atoms with E-state index < -0.39 is 0 Å². The summed E-state index contributed by atoms with van der Waals surface area (Å²) in [6.07, 6.45) is 3.72. The minimum absolute atomic E-state index is 0.541. The van der Waals surface area contributed by atoms with E-state index in [1.54, 1.807) is 0 Å². The van der Waals surface area contributed by atoms with Gasteiger partial charge in [-0.15, -0.1) is 0 Å². The molecule has 1 N–H and O–H groups in total. The average Bonchev–Trinajstić information content (AvgIpc) is 2.76. The lowest BCUT2D eigenvalue weighted by atomic mass is 9.87. The molecule has 2 aliphatic heterocycles. The molecule has 2 unspecified atom stereocenters. The highest BCUT2D eigenvalue weighted by Gasteiger charge is 2.23. The number of hydrogen-bond donors (Lipinski definition) is 1. The molecule has 0 amide bonds. The minimum atomic E-state index is 0.541. The molecule has 0 aliphatic carbocycles. The first-order valence-electron chi connectivity index (χ1n) is 6.33. The lowest BCUT2D eigenvalue weighted by Gasteiger charge is -2.30. The fourth-order valence-corrected chi connectivity index (χ4v) is 2.90. The summed E-state index contributed by atoms with van der Waals surface area (Å²) in [5, 5.41) is 3.64. The Balaban J connectivity index is 1.88. The molecule has 1 fully saturated rings. The number of piperidine rings is 1. The first-order chi connectivity index (χ1) is 7.84. The van der Waals surface area contributed by atoms with Crippen molar-refractivity contribution in [2.24, 2.45) is 5.92 Å². The van der Waals surface area contributed by atoms with E-state index in [2.05, 4.69) is 30.4 Å². The van der Waals surface area contributed by atoms with Gasteiger partial charge in [-0.2, -0.15) is 0 Å². The summed E-state index contributed by atoms with van der Waals surface area (Å²) in [5.74, 6) is 1.83. The van der Waals surface area contributed by atoms with Gasteiger partial charge in [0.2, 0.25) is 0 Å². The Kier molecular flexibility index (Phi) is 2.60. The number of rotatable bonds is 1. The van der Waals surface area contributed by atoms with Gasteiger partial charge in [0.1, 0.15) is 5.75 Å². The van der Waals surface area contributed by atoms with E-state index in [0.717, 1.165) is 31.2 Å². The molecule has 2 nitrogen and oxygen atoms in total. The van der Waals surface area contributed by atoms with E-state index in [1.807, 2.05) is 0 Å². The second-order valence-electron chi connectivity index (χ2n) is 5.02. The summed E-state index contributed by atoms with van der Waals surface area (Å²) in [4.78, 5) is 0. The Morgan fingerprint density at radius 2 is 2.31 bits per heavy atom. The largest absolute Gasteiger partial charge is 0.493 e. The van der Waals surface area contributed by atoms with Crippen molar-refractivity contribution in [3.63, 3.8) is 0 Å². The molecular weight excluding hydrogens is 198 g/mol. The van der Waals surface area contributed by atoms with Crippen molar-refractivity contribution in [3.05, 3.63) is 29.3 Å². The van der Waals surface area contributed by atoms with Crippen molar-refractivity contribution in [3.8, 4) is 5.75 Å². The summed E-state index contributed by atoms with van der Waals surface area (Å²) < 4.78 is 5.55. The quantitative estimate of drug-likeness (QED) is 0.781. The zero-order chi connectivity index (χ0) is 11.0. The SMILES string of the molecule is CC1CCCNC1c1ccc2c(c1)CCO2. The zero-order valence-electron chi connectivity index (χ0n) is 9.83. The third kappa shape index (κ3) is 1.71. The van der Waals surface area contributed by atoms with Crippen molar-refractivity contribution in [2.45, 2.75) is 32.2 Å². The molecule has 1 aromatic carbocycles. The lowest BCUT2D eigenvalue weighted by Crippen LogP contribution is -2.32. The maximum atomic E-state index is 5.55. The predicted molar refractivity (Wildman–Crippen MR) is 64.8 cm³/mol. The third-order valence-corrected chi connectivity index (χ3v) is 3.84. The summed E-state index contributed by atoms with van der Waals surface area (Å²) >= 11 is 0. The van der Waals surface area contributed by atoms with Crippen LogP contribution in [-0.2, 0) is 6.42 Å². The van der Waals surface area contributed by atoms with Crippen LogP contribution in [0.2, 0.25) is 0 Å². The van der Waals surface area contributed by atoms with Gasteiger partial charge in [-0.1, -0.05) is 19.1 Å². The second kappa shape index (κ2) is 4.10. The number of ether oxygens (including phenoxy) is 1. The van der Waals surface area contributed by atoms with Crippen molar-refractivity contribution in [1.82, 2.24) is 5.32 Å². The highest BCUT2D eigenvalue weighted by Crippen LogP contribution is 2.33. The molecule has 16 heavy (non-hydrogen) atoms. The molecule has 2 aliphatic rings. The van der Waals surface area contributed by atoms with Crippen LogP contribution in [0.3, 0.4) is 0 Å². The Labute approximate surface area is 97.0 Å². The van der Waals surface area contributed by atoms with Gasteiger partial charge in [0, 0.05) is 12.5 Å². The van der Waals surface area contributed by atoms with Crippen LogP contribution in [0, 0.1) is 5.92 Å². The van der Waals surface area contributed by atoms with E-state index in [9.17, 15) is 0 Å². The van der Waals surface area contributed by atoms with Crippen LogP contribution in [0.1, 0.15) is 36.9 Å². The van der Waals surface area contributed by atoms with Crippen molar-refractivity contribution in [2.75, 3.05) is 13.2 Å². The molecular formula is C14H19NO. The van der Waals surface area contributed by atoms with Crippen molar-refractivity contribution >= 4 is 0 Å². The van der Waals surface area contributed by atoms with E-state index in [4.69, 9.17) is 4.74 Å². The van der Waals surface area contributed by atoms with E-state index in [-0.39, 0.29) is 0 Å². The average molecular weight is 217 g/mol. The molecule has 1 aromatic rings. The Bertz CT molecular complexity index is 388. The van der Waals surface area contributed by atoms with Crippen molar-refractivity contribution in [1.29, 1.82) is 0 Å². The van der Waals surface area contributed by atoms with Crippen LogP contribution >= 0.6 is 0 Å². The Morgan fingerprint density at radius 3 is 3.19 bits per heavy atom. The molecule has 1 saturated heterocycles. The van der Waals surface area contributed by atoms with Gasteiger partial charge in [-0.3, -0.25) is 0 Å². The monoisotopic (exact) mass is 217 g/mol. The fourth-order valence-electron chi connectivity index (χ4n) is 2.90. The first kappa shape index (κ1) is 10.2. The predicted octanol–water partition coefficient (Wildman–Crippen LogP) is 2.68. The van der Waals surface area contributed by atoms with E-state index >= 15 is 0 Å². The molecule has 0 bridgehead atoms. The van der Waals surface area contributed by atoms with Gasteiger partial charge in [0.25, 0.3) is 0 Å². The molecule has 86 valence electrons. The number of fused-ring (bicyclic) bond motifs is 1. The topological polar surface area (TPSA) is 21.3 Å². The van der Waals surface area contributed by atoms with Gasteiger partial charge in [0.15, 0.2) is 0 Å². The Morgan fingerprint density at radius 1 is 1.38 bits per heavy atom. The molecule has 0 aromatic heterocycles. The normalized spacial score (nSPS) is 28.6. The van der Waals surface area contributed by atoms with Gasteiger partial charge < -0.3 is 10.1 Å². The summed E-state index contributed by atoms with van der Waals surface area (Å²) in [5.41, 5.74) is 2.83. The first-order valence-corrected chi connectivity index (χ1v) is 6.33. The van der Waals surface area contributed by atoms with Gasteiger partial charge in [-0.05, 0) is 42.5 Å². The van der Waals surface area contributed by atoms with Crippen LogP contribution in [-0.4, -0.2) is 13.2 Å². The van der Waals surface area contributed by atoms with Crippen LogP contribution in [0.5, 0.6) is 5.75 Å². The molecule has 2 heteroatoms. The number of nitrogens with one attached hydrogen (secondary N) is 1. The summed E-state index contributed by atoms with van der Waals surface area (Å²) in [6.45, 7) is 4.36. The van der Waals surface area contributed by atoms with Gasteiger partial charge in [-0.25, -0.2) is 0 Å². The Hall–Kier alpha value is -1.02. The molecule has 0 saturated carbocycles. The number of hydrogen-bond acceptors (Lipinski definition) is 2. The maximum Gasteiger partial charge on any atom is 0.122 e. The zero-order valence-corrected chi connectivity index (χ0v) is 9.83. The van der Waals surface area contributed by atoms with Crippen LogP contribution in [0.4, 0.5) is 0 Å². The van der Waals surface area contributed by atoms with Gasteiger partial charge >= 0.3 is 0 Å². The van der Waals surface area contributed by atoms with Crippen LogP contribution < -0.4 is 10.1 Å². The maximum absolute atomic E-state index is 5.55. The van der Waals surface area contributed by atoms with E-state index in [0.29, 0.717) is 6.04 Å². The molecule has 0 radical (unpaired) electrons. The summed E-state index contributed by atoms with van der Waals surface area (Å²) in [7, 11) is 0. The van der Waals surface area contributed by atoms with Gasteiger partial charge in [0.05, 0.1) is 6.61 Å². The highest BCUT2D eigenvalue weighted by molar-refractivity contribution is 5.41. The minimum Gasteiger partial charge on any atom is -0.493 e. The molecule has 2 atom stereocenters. The highest BCUT2D eigenvalue weighted by atomic mass is 16.5. The molecule has 3 rings (SSSR count). The second-order valence-corrected chi connectivity index (χ2v) is 5.02. The van der Waals surface area contributed by atoms with Crippen LogP contribution in [0.15, 0.2) is 18.2 Å². The van der Waals surface area contributed by atoms with E-state index in [1.165, 1.54) is 24.0 Å². The fraction of sp³-hybridized carbons (Fsp3) is 0.571. The van der Waals surface area contributed by atoms with Crippen molar-refractivity contribution < 1.29 is 4.74 Å². The van der Waals surface area contributed by atoms with Crippen LogP contribution in [0.25, 0.3) is 0 Å². The standard InChI is InChI=1S/C14H19NO/c1-10-3-2-7-15-14(10)12-4-5-13-11(9-12)6-8-16-13/h4-5,9-10,14-15H,2-3,6-8H2,1H3. The number of benzene rings is 1. The lowest BCUT2D eigenvalue weighted by molar-refractivity contribution is 0.305. The molecule has 2 heterocycles. The smallest absolute Gasteiger partial charge is 0.122 e.